The molecule has 0 aromatic carbocycles. The van der Waals surface area contributed by atoms with Crippen LogP contribution in [0.2, 0.25) is 0 Å². The van der Waals surface area contributed by atoms with Gasteiger partial charge >= 0.3 is 12.1 Å². The lowest BCUT2D eigenvalue weighted by Crippen LogP contribution is -2.62. The maximum Gasteiger partial charge on any atom is 0.408 e. The number of ether oxygens (including phenoxy) is 2. The number of rotatable bonds is 6. The number of alkyl carbamates (subject to hydrolysis) is 1. The Kier molecular flexibility index (Phi) is 6.81. The van der Waals surface area contributed by atoms with Crippen molar-refractivity contribution in [2.24, 2.45) is 0 Å². The zero-order chi connectivity index (χ0) is 18.5. The number of hydrogen-bond donors (Lipinski definition) is 2. The Hall–Kier alpha value is -2.05. The van der Waals surface area contributed by atoms with Crippen molar-refractivity contribution in [1.29, 1.82) is 0 Å². The van der Waals surface area contributed by atoms with Crippen LogP contribution in [0, 0.1) is 0 Å². The van der Waals surface area contributed by atoms with Gasteiger partial charge in [-0.05, 0) is 48.0 Å². The lowest BCUT2D eigenvalue weighted by molar-refractivity contribution is -0.150. The molecule has 0 aliphatic rings. The minimum atomic E-state index is -1.31. The maximum atomic E-state index is 12.6. The lowest BCUT2D eigenvalue weighted by atomic mass is 9.94. The standard InChI is InChI=1S/C16H28N2O5/c1-9-10-16(7,18-13(21)23-14(2,3)4)11(19)17-15(5,6)12(20)22-8/h9H,1,10H2,2-8H3,(H,17,19)(H,18,21)/t16-/m1/s1. The van der Waals surface area contributed by atoms with Crippen LogP contribution < -0.4 is 10.6 Å². The zero-order valence-corrected chi connectivity index (χ0v) is 15.0. The molecule has 0 bridgehead atoms. The van der Waals surface area contributed by atoms with Crippen LogP contribution in [0.4, 0.5) is 4.79 Å². The maximum absolute atomic E-state index is 12.6. The van der Waals surface area contributed by atoms with Gasteiger partial charge in [0.25, 0.3) is 0 Å². The highest BCUT2D eigenvalue weighted by Gasteiger charge is 2.40. The van der Waals surface area contributed by atoms with Gasteiger partial charge in [0.05, 0.1) is 7.11 Å². The van der Waals surface area contributed by atoms with E-state index in [9.17, 15) is 14.4 Å². The van der Waals surface area contributed by atoms with E-state index in [-0.39, 0.29) is 6.42 Å². The first-order chi connectivity index (χ1) is 10.3. The first-order valence-corrected chi connectivity index (χ1v) is 7.30. The van der Waals surface area contributed by atoms with Crippen LogP contribution in [0.5, 0.6) is 0 Å². The van der Waals surface area contributed by atoms with Crippen molar-refractivity contribution in [3.8, 4) is 0 Å². The molecule has 132 valence electrons. The Labute approximate surface area is 137 Å². The summed E-state index contributed by atoms with van der Waals surface area (Å²) in [5.74, 6) is -1.14. The van der Waals surface area contributed by atoms with E-state index in [0.717, 1.165) is 0 Å². The second kappa shape index (κ2) is 7.48. The second-order valence-electron chi connectivity index (χ2n) is 7.02. The van der Waals surface area contributed by atoms with Crippen molar-refractivity contribution >= 4 is 18.0 Å². The summed E-state index contributed by atoms with van der Waals surface area (Å²) in [5.41, 5.74) is -3.24. The van der Waals surface area contributed by atoms with Crippen LogP contribution in [0.15, 0.2) is 12.7 Å². The molecule has 0 rings (SSSR count). The van der Waals surface area contributed by atoms with Crippen molar-refractivity contribution in [3.05, 3.63) is 12.7 Å². The Balaban J connectivity index is 5.20. The summed E-state index contributed by atoms with van der Waals surface area (Å²) in [6.07, 6.45) is 0.935. The molecule has 2 amide bonds. The molecule has 0 aromatic rings. The zero-order valence-electron chi connectivity index (χ0n) is 15.0. The molecule has 0 spiro atoms. The highest BCUT2D eigenvalue weighted by Crippen LogP contribution is 2.16. The molecule has 0 unspecified atom stereocenters. The molecule has 0 saturated carbocycles. The summed E-state index contributed by atoms with van der Waals surface area (Å²) in [6.45, 7) is 13.3. The molecular formula is C16H28N2O5. The van der Waals surface area contributed by atoms with Crippen LogP contribution in [-0.2, 0) is 19.1 Å². The van der Waals surface area contributed by atoms with Gasteiger partial charge in [0.1, 0.15) is 16.7 Å². The van der Waals surface area contributed by atoms with Crippen molar-refractivity contribution < 1.29 is 23.9 Å². The van der Waals surface area contributed by atoms with E-state index >= 15 is 0 Å². The quantitative estimate of drug-likeness (QED) is 0.574. The number of carbonyl (C=O) groups is 3. The fourth-order valence-corrected chi connectivity index (χ4v) is 1.75. The van der Waals surface area contributed by atoms with Crippen LogP contribution in [0.1, 0.15) is 48.0 Å². The molecule has 2 N–H and O–H groups in total. The Bertz CT molecular complexity index is 479. The van der Waals surface area contributed by atoms with E-state index in [1.54, 1.807) is 20.8 Å². The molecule has 0 heterocycles. The van der Waals surface area contributed by atoms with Crippen molar-refractivity contribution in [2.75, 3.05) is 7.11 Å². The van der Waals surface area contributed by atoms with Crippen LogP contribution in [-0.4, -0.2) is 41.8 Å². The van der Waals surface area contributed by atoms with E-state index in [0.29, 0.717) is 0 Å². The molecule has 23 heavy (non-hydrogen) atoms. The number of hydrogen-bond acceptors (Lipinski definition) is 5. The third-order valence-electron chi connectivity index (χ3n) is 2.95. The third-order valence-corrected chi connectivity index (χ3v) is 2.95. The van der Waals surface area contributed by atoms with Crippen LogP contribution in [0.25, 0.3) is 0 Å². The SMILES string of the molecule is C=CC[C@@](C)(NC(=O)OC(C)(C)C)C(=O)NC(C)(C)C(=O)OC. The van der Waals surface area contributed by atoms with E-state index in [2.05, 4.69) is 21.9 Å². The molecule has 0 radical (unpaired) electrons. The summed E-state index contributed by atoms with van der Waals surface area (Å²) in [6, 6.07) is 0. The largest absolute Gasteiger partial charge is 0.467 e. The predicted molar refractivity (Wildman–Crippen MR) is 86.8 cm³/mol. The number of carbonyl (C=O) groups excluding carboxylic acids is 3. The van der Waals surface area contributed by atoms with Gasteiger partial charge in [-0.1, -0.05) is 6.08 Å². The summed E-state index contributed by atoms with van der Waals surface area (Å²) in [7, 11) is 1.23. The minimum absolute atomic E-state index is 0.162. The smallest absolute Gasteiger partial charge is 0.408 e. The van der Waals surface area contributed by atoms with E-state index < -0.39 is 34.6 Å². The first-order valence-electron chi connectivity index (χ1n) is 7.30. The molecule has 7 heteroatoms. The molecule has 0 aliphatic carbocycles. The normalized spacial score (nSPS) is 14.2. The average molecular weight is 328 g/mol. The number of methoxy groups -OCH3 is 1. The molecule has 0 saturated heterocycles. The monoisotopic (exact) mass is 328 g/mol. The Morgan fingerprint density at radius 1 is 1.04 bits per heavy atom. The summed E-state index contributed by atoms with van der Waals surface area (Å²) < 4.78 is 9.82. The Morgan fingerprint density at radius 3 is 1.96 bits per heavy atom. The van der Waals surface area contributed by atoms with Gasteiger partial charge in [-0.25, -0.2) is 9.59 Å². The highest BCUT2D eigenvalue weighted by molar-refractivity contribution is 5.94. The summed E-state index contributed by atoms with van der Waals surface area (Å²) >= 11 is 0. The fraction of sp³-hybridized carbons (Fsp3) is 0.688. The van der Waals surface area contributed by atoms with Crippen molar-refractivity contribution in [1.82, 2.24) is 10.6 Å². The lowest BCUT2D eigenvalue weighted by Gasteiger charge is -2.33. The Morgan fingerprint density at radius 2 is 1.57 bits per heavy atom. The van der Waals surface area contributed by atoms with E-state index in [1.807, 2.05) is 0 Å². The number of nitrogens with one attached hydrogen (secondary N) is 2. The van der Waals surface area contributed by atoms with Gasteiger partial charge in [0, 0.05) is 0 Å². The van der Waals surface area contributed by atoms with Gasteiger partial charge in [-0.15, -0.1) is 6.58 Å². The third kappa shape index (κ3) is 6.71. The summed E-state index contributed by atoms with van der Waals surface area (Å²) in [4.78, 5) is 36.2. The van der Waals surface area contributed by atoms with Gasteiger partial charge < -0.3 is 20.1 Å². The molecule has 1 atom stereocenters. The molecular weight excluding hydrogens is 300 g/mol. The van der Waals surface area contributed by atoms with E-state index in [4.69, 9.17) is 4.74 Å². The van der Waals surface area contributed by atoms with Crippen molar-refractivity contribution in [2.45, 2.75) is 64.6 Å². The fourth-order valence-electron chi connectivity index (χ4n) is 1.75. The molecule has 7 nitrogen and oxygen atoms in total. The summed E-state index contributed by atoms with van der Waals surface area (Å²) in [5, 5.41) is 5.10. The molecule has 0 aliphatic heterocycles. The van der Waals surface area contributed by atoms with E-state index in [1.165, 1.54) is 34.0 Å². The highest BCUT2D eigenvalue weighted by atomic mass is 16.6. The van der Waals surface area contributed by atoms with Gasteiger partial charge in [-0.2, -0.15) is 0 Å². The number of esters is 1. The van der Waals surface area contributed by atoms with Gasteiger partial charge in [-0.3, -0.25) is 4.79 Å². The van der Waals surface area contributed by atoms with Crippen molar-refractivity contribution in [3.63, 3.8) is 0 Å². The van der Waals surface area contributed by atoms with Crippen LogP contribution in [0.3, 0.4) is 0 Å². The van der Waals surface area contributed by atoms with Gasteiger partial charge in [0.2, 0.25) is 5.91 Å². The minimum Gasteiger partial charge on any atom is -0.467 e. The van der Waals surface area contributed by atoms with Crippen LogP contribution >= 0.6 is 0 Å². The predicted octanol–water partition coefficient (Wildman–Crippen LogP) is 1.91. The molecule has 0 aromatic heterocycles. The van der Waals surface area contributed by atoms with Gasteiger partial charge in [0.15, 0.2) is 0 Å². The first kappa shape index (κ1) is 20.9. The second-order valence-corrected chi connectivity index (χ2v) is 7.02. The molecule has 0 fully saturated rings. The number of amides is 2. The topological polar surface area (TPSA) is 93.7 Å². The average Bonchev–Trinajstić information content (AvgIpc) is 2.34.